The van der Waals surface area contributed by atoms with Crippen molar-refractivity contribution >= 4 is 27.2 Å². The predicted octanol–water partition coefficient (Wildman–Crippen LogP) is 8.58. The van der Waals surface area contributed by atoms with Crippen molar-refractivity contribution in [2.75, 3.05) is 5.73 Å². The lowest BCUT2D eigenvalue weighted by atomic mass is 9.82. The van der Waals surface area contributed by atoms with E-state index in [1.54, 1.807) is 0 Å². The van der Waals surface area contributed by atoms with Gasteiger partial charge in [-0.05, 0) is 50.7 Å². The highest BCUT2D eigenvalue weighted by Gasteiger charge is 2.20. The number of benzene rings is 6. The van der Waals surface area contributed by atoms with Crippen LogP contribution in [0.15, 0.2) is 127 Å². The van der Waals surface area contributed by atoms with Gasteiger partial charge < -0.3 is 5.73 Å². The first kappa shape index (κ1) is 19.3. The van der Waals surface area contributed by atoms with Gasteiger partial charge in [0.05, 0.1) is 0 Å². The summed E-state index contributed by atoms with van der Waals surface area (Å²) in [5, 5.41) is 4.52. The molecule has 0 spiro atoms. The predicted molar refractivity (Wildman–Crippen MR) is 142 cm³/mol. The number of hydrogen-bond acceptors (Lipinski definition) is 1. The lowest BCUT2D eigenvalue weighted by molar-refractivity contribution is 1.58. The Bertz CT molecular complexity index is 1580. The van der Waals surface area contributed by atoms with E-state index >= 15 is 0 Å². The molecule has 2 N–H and O–H groups in total. The zero-order valence-electron chi connectivity index (χ0n) is 18.2. The number of hydrogen-bond donors (Lipinski definition) is 1. The van der Waals surface area contributed by atoms with E-state index in [9.17, 15) is 0 Å². The van der Waals surface area contributed by atoms with Crippen molar-refractivity contribution in [2.45, 2.75) is 0 Å². The lowest BCUT2D eigenvalue weighted by Gasteiger charge is -2.21. The first-order valence-corrected chi connectivity index (χ1v) is 11.3. The second-order valence-corrected chi connectivity index (χ2v) is 8.38. The fourth-order valence-corrected chi connectivity index (χ4v) is 4.92. The summed E-state index contributed by atoms with van der Waals surface area (Å²) < 4.78 is 0. The molecule has 6 aromatic rings. The summed E-state index contributed by atoms with van der Waals surface area (Å²) in [4.78, 5) is 0. The molecule has 0 fully saturated rings. The van der Waals surface area contributed by atoms with E-state index < -0.39 is 0 Å². The Labute approximate surface area is 193 Å². The second-order valence-electron chi connectivity index (χ2n) is 8.38. The van der Waals surface area contributed by atoms with E-state index in [2.05, 4.69) is 127 Å². The van der Waals surface area contributed by atoms with Crippen LogP contribution in [0.2, 0.25) is 0 Å². The van der Waals surface area contributed by atoms with Crippen molar-refractivity contribution in [3.05, 3.63) is 127 Å². The van der Waals surface area contributed by atoms with Crippen molar-refractivity contribution in [1.82, 2.24) is 0 Å². The smallest absolute Gasteiger partial charge is 0.0479 e. The molecule has 0 aliphatic rings. The van der Waals surface area contributed by atoms with Gasteiger partial charge in [0.15, 0.2) is 0 Å². The van der Waals surface area contributed by atoms with Crippen molar-refractivity contribution < 1.29 is 0 Å². The van der Waals surface area contributed by atoms with Gasteiger partial charge in [-0.25, -0.2) is 0 Å². The molecule has 0 heterocycles. The summed E-state index contributed by atoms with van der Waals surface area (Å²) in [6, 6.07) is 44.9. The Hall–Kier alpha value is -4.36. The molecule has 0 amide bonds. The van der Waals surface area contributed by atoms with E-state index in [4.69, 9.17) is 5.73 Å². The number of anilines is 1. The average Bonchev–Trinajstić information content (AvgIpc) is 2.89. The minimum Gasteiger partial charge on any atom is -0.398 e. The zero-order valence-corrected chi connectivity index (χ0v) is 18.2. The van der Waals surface area contributed by atoms with Crippen LogP contribution < -0.4 is 5.73 Å². The third-order valence-corrected chi connectivity index (χ3v) is 6.40. The van der Waals surface area contributed by atoms with Crippen LogP contribution in [-0.2, 0) is 0 Å². The van der Waals surface area contributed by atoms with Crippen LogP contribution in [0.25, 0.3) is 54.9 Å². The Balaban J connectivity index is 1.87. The standard InChI is InChI=1S/C32H23N/c33-32-27-19-11-10-18-25(27)20-26-21-28(22-12-4-1-5-13-22)29(23-14-6-2-7-15-23)30(31(26)32)24-16-8-3-9-17-24/h1-21H,33H2. The van der Waals surface area contributed by atoms with Crippen LogP contribution in [0.3, 0.4) is 0 Å². The molecule has 1 heteroatoms. The van der Waals surface area contributed by atoms with Gasteiger partial charge in [0.25, 0.3) is 0 Å². The van der Waals surface area contributed by atoms with Gasteiger partial charge in [0.2, 0.25) is 0 Å². The lowest BCUT2D eigenvalue weighted by Crippen LogP contribution is -1.97. The summed E-state index contributed by atoms with van der Waals surface area (Å²) >= 11 is 0. The van der Waals surface area contributed by atoms with Gasteiger partial charge in [0, 0.05) is 22.0 Å². The first-order chi connectivity index (χ1) is 16.3. The van der Waals surface area contributed by atoms with Crippen molar-refractivity contribution in [3.63, 3.8) is 0 Å². The van der Waals surface area contributed by atoms with E-state index in [-0.39, 0.29) is 0 Å². The van der Waals surface area contributed by atoms with Gasteiger partial charge in [-0.15, -0.1) is 0 Å². The highest BCUT2D eigenvalue weighted by Crippen LogP contribution is 2.47. The highest BCUT2D eigenvalue weighted by molar-refractivity contribution is 6.20. The first-order valence-electron chi connectivity index (χ1n) is 11.3. The Morgan fingerprint density at radius 1 is 0.424 bits per heavy atom. The molecule has 0 bridgehead atoms. The summed E-state index contributed by atoms with van der Waals surface area (Å²) in [7, 11) is 0. The summed E-state index contributed by atoms with van der Waals surface area (Å²) in [5.41, 5.74) is 14.9. The van der Waals surface area contributed by atoms with E-state index in [0.717, 1.165) is 27.2 Å². The normalized spacial score (nSPS) is 11.2. The maximum absolute atomic E-state index is 6.93. The highest BCUT2D eigenvalue weighted by atomic mass is 14.6. The van der Waals surface area contributed by atoms with Crippen LogP contribution in [0.4, 0.5) is 5.69 Å². The SMILES string of the molecule is Nc1c2ccccc2cc2cc(-c3ccccc3)c(-c3ccccc3)c(-c3ccccc3)c12. The van der Waals surface area contributed by atoms with E-state index in [1.807, 2.05) is 0 Å². The van der Waals surface area contributed by atoms with Crippen LogP contribution in [0, 0.1) is 0 Å². The van der Waals surface area contributed by atoms with Crippen LogP contribution in [0.1, 0.15) is 0 Å². The third kappa shape index (κ3) is 3.26. The molecule has 0 saturated carbocycles. The van der Waals surface area contributed by atoms with Crippen molar-refractivity contribution in [2.24, 2.45) is 0 Å². The van der Waals surface area contributed by atoms with Crippen LogP contribution >= 0.6 is 0 Å². The molecule has 0 aromatic heterocycles. The van der Waals surface area contributed by atoms with E-state index in [0.29, 0.717) is 0 Å². The summed E-state index contributed by atoms with van der Waals surface area (Å²) in [6.07, 6.45) is 0. The largest absolute Gasteiger partial charge is 0.398 e. The topological polar surface area (TPSA) is 26.0 Å². The second kappa shape index (κ2) is 7.96. The monoisotopic (exact) mass is 421 g/mol. The van der Waals surface area contributed by atoms with Gasteiger partial charge in [-0.1, -0.05) is 115 Å². The third-order valence-electron chi connectivity index (χ3n) is 6.40. The quantitative estimate of drug-likeness (QED) is 0.225. The molecule has 0 aliphatic carbocycles. The fourth-order valence-electron chi connectivity index (χ4n) is 4.92. The molecule has 6 rings (SSSR count). The molecule has 1 nitrogen and oxygen atoms in total. The number of fused-ring (bicyclic) bond motifs is 2. The zero-order chi connectivity index (χ0) is 22.2. The minimum atomic E-state index is 0.832. The molecule has 33 heavy (non-hydrogen) atoms. The Morgan fingerprint density at radius 2 is 0.939 bits per heavy atom. The molecule has 6 aromatic carbocycles. The summed E-state index contributed by atoms with van der Waals surface area (Å²) in [6.45, 7) is 0. The van der Waals surface area contributed by atoms with Gasteiger partial charge in [0.1, 0.15) is 0 Å². The van der Waals surface area contributed by atoms with Crippen molar-refractivity contribution in [3.8, 4) is 33.4 Å². The van der Waals surface area contributed by atoms with Gasteiger partial charge in [-0.2, -0.15) is 0 Å². The molecule has 0 saturated heterocycles. The molecule has 156 valence electrons. The van der Waals surface area contributed by atoms with Crippen LogP contribution in [-0.4, -0.2) is 0 Å². The molecule has 0 unspecified atom stereocenters. The molecule has 0 radical (unpaired) electrons. The summed E-state index contributed by atoms with van der Waals surface area (Å²) in [5.74, 6) is 0. The number of rotatable bonds is 3. The van der Waals surface area contributed by atoms with Crippen LogP contribution in [0.5, 0.6) is 0 Å². The fraction of sp³-hybridized carbons (Fsp3) is 0. The Morgan fingerprint density at radius 3 is 1.58 bits per heavy atom. The minimum absolute atomic E-state index is 0.832. The molecular formula is C32H23N. The van der Waals surface area contributed by atoms with Crippen molar-refractivity contribution in [1.29, 1.82) is 0 Å². The van der Waals surface area contributed by atoms with Gasteiger partial charge in [-0.3, -0.25) is 0 Å². The molecular weight excluding hydrogens is 398 g/mol. The Kier molecular flexibility index (Phi) is 4.66. The maximum atomic E-state index is 6.93. The average molecular weight is 422 g/mol. The number of nitrogens with two attached hydrogens (primary N) is 1. The number of nitrogen functional groups attached to an aromatic ring is 1. The van der Waals surface area contributed by atoms with Gasteiger partial charge >= 0.3 is 0 Å². The molecule has 0 aliphatic heterocycles. The molecule has 0 atom stereocenters. The maximum Gasteiger partial charge on any atom is 0.0479 e. The van der Waals surface area contributed by atoms with E-state index in [1.165, 1.54) is 33.4 Å².